The van der Waals surface area contributed by atoms with E-state index in [1.165, 1.54) is 38.5 Å². The molecule has 4 rings (SSSR count). The quantitative estimate of drug-likeness (QED) is 0.380. The number of carbonyl (C=O) groups excluding carboxylic acids is 1. The molecule has 4 aliphatic carbocycles. The third-order valence-corrected chi connectivity index (χ3v) is 7.65. The fraction of sp³-hybridized carbons (Fsp3) is 0.944. The molecule has 0 aromatic carbocycles. The van der Waals surface area contributed by atoms with Crippen LogP contribution < -0.4 is 0 Å². The molecule has 26 heavy (non-hydrogen) atoms. The van der Waals surface area contributed by atoms with Gasteiger partial charge in [-0.1, -0.05) is 6.42 Å². The smallest absolute Gasteiger partial charge is 0.405 e. The van der Waals surface area contributed by atoms with E-state index in [9.17, 15) is 22.0 Å². The van der Waals surface area contributed by atoms with Crippen LogP contribution in [0, 0.1) is 23.2 Å². The Balaban J connectivity index is 1.41. The van der Waals surface area contributed by atoms with Crippen LogP contribution in [-0.4, -0.2) is 30.3 Å². The maximum absolute atomic E-state index is 13.4. The highest BCUT2D eigenvalue weighted by Gasteiger charge is 2.52. The minimum atomic E-state index is -5.61. The normalized spacial score (nSPS) is 34.7. The molecule has 4 saturated carbocycles. The molecular weight excluding hydrogens is 366 g/mol. The zero-order valence-electron chi connectivity index (χ0n) is 15.1. The van der Waals surface area contributed by atoms with Crippen LogP contribution in [0.25, 0.3) is 0 Å². The van der Waals surface area contributed by atoms with Gasteiger partial charge < -0.3 is 4.74 Å². The molecule has 0 heterocycles. The topological polar surface area (TPSA) is 80.7 Å². The van der Waals surface area contributed by atoms with E-state index in [4.69, 9.17) is 4.55 Å². The fourth-order valence-corrected chi connectivity index (χ4v) is 6.37. The number of hydrogen-bond acceptors (Lipinski definition) is 4. The lowest BCUT2D eigenvalue weighted by Crippen LogP contribution is -2.45. The zero-order valence-corrected chi connectivity index (χ0v) is 15.9. The number of esters is 1. The molecule has 4 fully saturated rings. The van der Waals surface area contributed by atoms with Crippen molar-refractivity contribution in [1.29, 1.82) is 0 Å². The van der Waals surface area contributed by atoms with E-state index in [1.807, 2.05) is 0 Å². The molecule has 8 heteroatoms. The first-order valence-corrected chi connectivity index (χ1v) is 11.0. The number of ether oxygens (including phenoxy) is 1. The van der Waals surface area contributed by atoms with Crippen LogP contribution in [0.4, 0.5) is 8.78 Å². The summed E-state index contributed by atoms with van der Waals surface area (Å²) < 4.78 is 61.1. The summed E-state index contributed by atoms with van der Waals surface area (Å²) in [5.41, 5.74) is 0.421. The lowest BCUT2D eigenvalue weighted by Gasteiger charge is -2.57. The second-order valence-electron chi connectivity index (χ2n) is 8.79. The molecule has 1 N–H and O–H groups in total. The van der Waals surface area contributed by atoms with Crippen molar-refractivity contribution in [2.24, 2.45) is 23.2 Å². The van der Waals surface area contributed by atoms with Gasteiger partial charge in [-0.05, 0) is 81.5 Å². The Hall–Kier alpha value is -0.760. The maximum Gasteiger partial charge on any atom is 0.405 e. The number of rotatable bonds is 8. The second kappa shape index (κ2) is 7.00. The van der Waals surface area contributed by atoms with Crippen LogP contribution in [0.5, 0.6) is 0 Å². The highest BCUT2D eigenvalue weighted by molar-refractivity contribution is 7.86. The van der Waals surface area contributed by atoms with E-state index in [0.29, 0.717) is 11.8 Å². The summed E-state index contributed by atoms with van der Waals surface area (Å²) in [7, 11) is -5.61. The summed E-state index contributed by atoms with van der Waals surface area (Å²) in [4.78, 5) is 11.7. The molecule has 1 unspecified atom stereocenters. The molecule has 0 aliphatic heterocycles. The van der Waals surface area contributed by atoms with Crippen molar-refractivity contribution in [2.45, 2.75) is 82.5 Å². The Morgan fingerprint density at radius 1 is 1.15 bits per heavy atom. The summed E-state index contributed by atoms with van der Waals surface area (Å²) in [5.74, 6) is 1.76. The summed E-state index contributed by atoms with van der Waals surface area (Å²) >= 11 is 0. The van der Waals surface area contributed by atoms with E-state index >= 15 is 0 Å². The molecule has 4 bridgehead atoms. The summed E-state index contributed by atoms with van der Waals surface area (Å²) in [6.45, 7) is 0.765. The first-order valence-electron chi connectivity index (χ1n) is 9.55. The number of carbonyl (C=O) groups is 1. The van der Waals surface area contributed by atoms with Crippen LogP contribution in [-0.2, 0) is 19.6 Å². The van der Waals surface area contributed by atoms with Gasteiger partial charge in [-0.2, -0.15) is 17.2 Å². The monoisotopic (exact) mass is 394 g/mol. The molecule has 4 aliphatic rings. The Morgan fingerprint density at radius 2 is 1.65 bits per heavy atom. The Bertz CT molecular complexity index is 611. The Kier molecular flexibility index (Phi) is 5.38. The van der Waals surface area contributed by atoms with Gasteiger partial charge in [0, 0.05) is 6.42 Å². The van der Waals surface area contributed by atoms with E-state index in [1.54, 1.807) is 0 Å². The molecular formula is C18H28F2O5S. The Morgan fingerprint density at radius 3 is 2.12 bits per heavy atom. The number of halogens is 2. The van der Waals surface area contributed by atoms with Crippen molar-refractivity contribution in [3.8, 4) is 0 Å². The van der Waals surface area contributed by atoms with Crippen LogP contribution in [0.3, 0.4) is 0 Å². The molecule has 0 amide bonds. The molecule has 0 radical (unpaired) electrons. The average molecular weight is 394 g/mol. The van der Waals surface area contributed by atoms with Gasteiger partial charge in [0.15, 0.2) is 6.10 Å². The zero-order chi connectivity index (χ0) is 19.2. The number of unbranched alkanes of at least 4 members (excludes halogenated alkanes) is 1. The molecule has 0 aromatic heterocycles. The van der Waals surface area contributed by atoms with Crippen molar-refractivity contribution >= 4 is 16.1 Å². The number of alkyl halides is 2. The van der Waals surface area contributed by atoms with Gasteiger partial charge in [0.25, 0.3) is 0 Å². The maximum atomic E-state index is 13.4. The summed E-state index contributed by atoms with van der Waals surface area (Å²) in [5, 5.41) is -4.50. The largest absolute Gasteiger partial charge is 0.455 e. The molecule has 0 aromatic rings. The molecule has 0 saturated heterocycles. The van der Waals surface area contributed by atoms with Crippen molar-refractivity contribution < 1.29 is 31.3 Å². The van der Waals surface area contributed by atoms with E-state index in [2.05, 4.69) is 4.74 Å². The highest BCUT2D eigenvalue weighted by Crippen LogP contribution is 2.61. The first-order chi connectivity index (χ1) is 12.0. The second-order valence-corrected chi connectivity index (χ2v) is 10.3. The standard InChI is InChI=1S/C18H28F2O5S/c1-12(18(19,20)26(22,23)24)25-16(21)4-2-3-5-17-9-13-6-14(10-17)8-15(7-13)11-17/h12-15H,2-11H2,1H3,(H,22,23,24). The fourth-order valence-electron chi connectivity index (χ4n) is 5.90. The minimum absolute atomic E-state index is 0.0156. The van der Waals surface area contributed by atoms with E-state index in [-0.39, 0.29) is 6.42 Å². The average Bonchev–Trinajstić information content (AvgIpc) is 2.49. The van der Waals surface area contributed by atoms with Crippen molar-refractivity contribution in [1.82, 2.24) is 0 Å². The van der Waals surface area contributed by atoms with Crippen LogP contribution >= 0.6 is 0 Å². The minimum Gasteiger partial charge on any atom is -0.455 e. The Labute approximate surface area is 153 Å². The predicted octanol–water partition coefficient (Wildman–Crippen LogP) is 4.18. The van der Waals surface area contributed by atoms with Crippen molar-refractivity contribution in [3.63, 3.8) is 0 Å². The SMILES string of the molecule is CC(OC(=O)CCCCC12CC3CC(CC(C3)C1)C2)C(F)(F)S(=O)(=O)O. The lowest BCUT2D eigenvalue weighted by molar-refractivity contribution is -0.159. The van der Waals surface area contributed by atoms with Crippen LogP contribution in [0.1, 0.15) is 71.1 Å². The molecule has 1 atom stereocenters. The van der Waals surface area contributed by atoms with Gasteiger partial charge in [0.05, 0.1) is 0 Å². The lowest BCUT2D eigenvalue weighted by atomic mass is 9.48. The van der Waals surface area contributed by atoms with E-state index in [0.717, 1.165) is 37.5 Å². The first kappa shape index (κ1) is 20.0. The van der Waals surface area contributed by atoms with Crippen molar-refractivity contribution in [3.05, 3.63) is 0 Å². The van der Waals surface area contributed by atoms with Gasteiger partial charge in [-0.3, -0.25) is 9.35 Å². The van der Waals surface area contributed by atoms with E-state index < -0.39 is 27.4 Å². The van der Waals surface area contributed by atoms with Gasteiger partial charge in [-0.15, -0.1) is 0 Å². The summed E-state index contributed by atoms with van der Waals surface area (Å²) in [6, 6.07) is 0. The number of hydrogen-bond donors (Lipinski definition) is 1. The van der Waals surface area contributed by atoms with Gasteiger partial charge in [0.2, 0.25) is 0 Å². The third kappa shape index (κ3) is 4.06. The highest BCUT2D eigenvalue weighted by atomic mass is 32.2. The molecule has 150 valence electrons. The van der Waals surface area contributed by atoms with Gasteiger partial charge in [0.1, 0.15) is 0 Å². The predicted molar refractivity (Wildman–Crippen MR) is 91.1 cm³/mol. The molecule has 0 spiro atoms. The molecule has 5 nitrogen and oxygen atoms in total. The van der Waals surface area contributed by atoms with Crippen LogP contribution in [0.2, 0.25) is 0 Å². The van der Waals surface area contributed by atoms with Gasteiger partial charge in [-0.25, -0.2) is 0 Å². The van der Waals surface area contributed by atoms with Crippen LogP contribution in [0.15, 0.2) is 0 Å². The third-order valence-electron chi connectivity index (χ3n) is 6.63. The van der Waals surface area contributed by atoms with Gasteiger partial charge >= 0.3 is 21.3 Å². The van der Waals surface area contributed by atoms with Crippen molar-refractivity contribution in [2.75, 3.05) is 0 Å². The summed E-state index contributed by atoms with van der Waals surface area (Å²) in [6.07, 6.45) is 8.26.